The first-order valence-corrected chi connectivity index (χ1v) is 9.73. The summed E-state index contributed by atoms with van der Waals surface area (Å²) >= 11 is 5.85. The number of nitrogens with zero attached hydrogens (tertiary/aromatic N) is 4. The Morgan fingerprint density at radius 3 is 2.77 bits per heavy atom. The Morgan fingerprint density at radius 1 is 1.26 bits per heavy atom. The lowest BCUT2D eigenvalue weighted by atomic mass is 10.1. The highest BCUT2D eigenvalue weighted by Gasteiger charge is 2.16. The van der Waals surface area contributed by atoms with Crippen LogP contribution in [0, 0.1) is 12.7 Å². The highest BCUT2D eigenvalue weighted by Crippen LogP contribution is 2.24. The summed E-state index contributed by atoms with van der Waals surface area (Å²) in [6.45, 7) is 1.50. The number of aromatic nitrogens is 5. The van der Waals surface area contributed by atoms with Crippen LogP contribution in [0.3, 0.4) is 0 Å². The van der Waals surface area contributed by atoms with Crippen molar-refractivity contribution in [1.29, 1.82) is 0 Å². The predicted molar refractivity (Wildman–Crippen MR) is 115 cm³/mol. The highest BCUT2D eigenvalue weighted by atomic mass is 35.5. The van der Waals surface area contributed by atoms with Gasteiger partial charge in [-0.25, -0.2) is 19.3 Å². The van der Waals surface area contributed by atoms with E-state index in [4.69, 9.17) is 11.6 Å². The van der Waals surface area contributed by atoms with E-state index in [1.807, 2.05) is 6.92 Å². The van der Waals surface area contributed by atoms with Crippen molar-refractivity contribution in [2.45, 2.75) is 13.0 Å². The summed E-state index contributed by atoms with van der Waals surface area (Å²) in [7, 11) is 0. The molecule has 0 spiro atoms. The van der Waals surface area contributed by atoms with Crippen LogP contribution in [0.5, 0.6) is 0 Å². The highest BCUT2D eigenvalue weighted by molar-refractivity contribution is 6.30. The lowest BCUT2D eigenvalue weighted by Crippen LogP contribution is -2.26. The van der Waals surface area contributed by atoms with Crippen molar-refractivity contribution < 1.29 is 9.50 Å². The molecule has 0 fully saturated rings. The fourth-order valence-corrected chi connectivity index (χ4v) is 3.33. The minimum absolute atomic E-state index is 0.0756. The normalized spacial score (nSPS) is 12.0. The fourth-order valence-electron chi connectivity index (χ4n) is 3.14. The third kappa shape index (κ3) is 4.47. The average Bonchev–Trinajstić information content (AvgIpc) is 3.17. The molecule has 4 rings (SSSR count). The topological polar surface area (TPSA) is 109 Å². The molecule has 1 atom stereocenters. The summed E-state index contributed by atoms with van der Waals surface area (Å²) in [5.41, 5.74) is 2.10. The van der Waals surface area contributed by atoms with Gasteiger partial charge in [-0.05, 0) is 36.8 Å². The quantitative estimate of drug-likeness (QED) is 0.423. The maximum atomic E-state index is 13.5. The molecular formula is C21H18ClFN6O2. The van der Waals surface area contributed by atoms with Crippen molar-refractivity contribution in [3.63, 3.8) is 0 Å². The van der Waals surface area contributed by atoms with Gasteiger partial charge in [-0.3, -0.25) is 10.1 Å². The van der Waals surface area contributed by atoms with Crippen molar-refractivity contribution in [2.75, 3.05) is 11.9 Å². The summed E-state index contributed by atoms with van der Waals surface area (Å²) in [6.07, 6.45) is 4.88. The van der Waals surface area contributed by atoms with Crippen LogP contribution < -0.4 is 10.9 Å². The number of hydrogen-bond donors (Lipinski definition) is 3. The van der Waals surface area contributed by atoms with Gasteiger partial charge >= 0.3 is 0 Å². The largest absolute Gasteiger partial charge is 0.394 e. The van der Waals surface area contributed by atoms with E-state index in [1.165, 1.54) is 28.8 Å². The third-order valence-corrected chi connectivity index (χ3v) is 4.96. The molecule has 158 valence electrons. The van der Waals surface area contributed by atoms with Gasteiger partial charge in [0.25, 0.3) is 5.56 Å². The predicted octanol–water partition coefficient (Wildman–Crippen LogP) is 3.45. The summed E-state index contributed by atoms with van der Waals surface area (Å²) in [5.74, 6) is 0.265. The van der Waals surface area contributed by atoms with Crippen LogP contribution in [0.2, 0.25) is 5.02 Å². The number of rotatable bonds is 6. The smallest absolute Gasteiger partial charge is 0.251 e. The molecule has 3 aromatic heterocycles. The number of aryl methyl sites for hydroxylation is 1. The van der Waals surface area contributed by atoms with Crippen LogP contribution >= 0.6 is 11.6 Å². The van der Waals surface area contributed by atoms with Crippen molar-refractivity contribution in [2.24, 2.45) is 0 Å². The van der Waals surface area contributed by atoms with Crippen LogP contribution in [-0.2, 0) is 0 Å². The van der Waals surface area contributed by atoms with Gasteiger partial charge in [0.05, 0.1) is 29.1 Å². The maximum absolute atomic E-state index is 13.5. The first-order chi connectivity index (χ1) is 14.9. The van der Waals surface area contributed by atoms with E-state index in [2.05, 4.69) is 25.3 Å². The number of aromatic amines is 1. The Labute approximate surface area is 181 Å². The molecule has 1 aromatic carbocycles. The Kier molecular flexibility index (Phi) is 5.79. The second-order valence-electron chi connectivity index (χ2n) is 6.81. The number of benzene rings is 1. The molecule has 0 saturated heterocycles. The molecule has 10 heteroatoms. The first-order valence-electron chi connectivity index (χ1n) is 9.35. The van der Waals surface area contributed by atoms with Gasteiger partial charge in [-0.1, -0.05) is 17.7 Å². The number of anilines is 2. The van der Waals surface area contributed by atoms with Crippen molar-refractivity contribution in [3.05, 3.63) is 87.4 Å². The van der Waals surface area contributed by atoms with Crippen LogP contribution in [0.4, 0.5) is 16.3 Å². The molecule has 0 aliphatic rings. The van der Waals surface area contributed by atoms with Crippen LogP contribution in [-0.4, -0.2) is 36.2 Å². The third-order valence-electron chi connectivity index (χ3n) is 4.67. The lowest BCUT2D eigenvalue weighted by Gasteiger charge is -2.18. The van der Waals surface area contributed by atoms with E-state index in [1.54, 1.807) is 30.7 Å². The number of hydrogen-bond acceptors (Lipinski definition) is 6. The minimum Gasteiger partial charge on any atom is -0.394 e. The van der Waals surface area contributed by atoms with E-state index in [0.29, 0.717) is 28.7 Å². The summed E-state index contributed by atoms with van der Waals surface area (Å²) in [6, 6.07) is 8.19. The summed E-state index contributed by atoms with van der Waals surface area (Å²) in [4.78, 5) is 28.6. The minimum atomic E-state index is -0.704. The Morgan fingerprint density at radius 2 is 2.10 bits per heavy atom. The molecule has 31 heavy (non-hydrogen) atoms. The molecule has 0 unspecified atom stereocenters. The van der Waals surface area contributed by atoms with Crippen LogP contribution in [0.1, 0.15) is 17.3 Å². The standard InChI is InChI=1S/C21H18ClFN6O2/c1-12-10-25-21(26-12)28-20-24-6-4-17(27-20)13-5-7-29(19(31)9-13)18(11-30)14-2-3-16(23)15(22)8-14/h2-10,18,30H,11H2,1H3,(H2,24,25,26,27,28)/t18-/m1/s1. The van der Waals surface area contributed by atoms with E-state index >= 15 is 0 Å². The molecule has 8 nitrogen and oxygen atoms in total. The molecule has 0 aliphatic carbocycles. The first kappa shape index (κ1) is 20.7. The second-order valence-corrected chi connectivity index (χ2v) is 7.22. The molecule has 4 aromatic rings. The average molecular weight is 441 g/mol. The summed E-state index contributed by atoms with van der Waals surface area (Å²) < 4.78 is 14.8. The van der Waals surface area contributed by atoms with Gasteiger partial charge < -0.3 is 14.7 Å². The number of pyridine rings is 1. The van der Waals surface area contributed by atoms with Gasteiger partial charge in [0.2, 0.25) is 11.9 Å². The van der Waals surface area contributed by atoms with E-state index in [-0.39, 0.29) is 17.2 Å². The van der Waals surface area contributed by atoms with Crippen molar-refractivity contribution >= 4 is 23.5 Å². The molecule has 3 heterocycles. The number of imidazole rings is 1. The van der Waals surface area contributed by atoms with Gasteiger partial charge in [0.1, 0.15) is 5.82 Å². The Hall–Kier alpha value is -3.56. The number of aliphatic hydroxyl groups excluding tert-OH is 1. The zero-order valence-corrected chi connectivity index (χ0v) is 17.1. The number of nitrogens with one attached hydrogen (secondary N) is 2. The number of halogens is 2. The number of aliphatic hydroxyl groups is 1. The molecule has 0 radical (unpaired) electrons. The molecule has 0 aliphatic heterocycles. The van der Waals surface area contributed by atoms with Crippen LogP contribution in [0.15, 0.2) is 59.8 Å². The Balaban J connectivity index is 1.63. The van der Waals surface area contributed by atoms with Crippen molar-refractivity contribution in [3.8, 4) is 11.3 Å². The van der Waals surface area contributed by atoms with Gasteiger partial charge in [-0.2, -0.15) is 0 Å². The van der Waals surface area contributed by atoms with Crippen molar-refractivity contribution in [1.82, 2.24) is 24.5 Å². The van der Waals surface area contributed by atoms with Gasteiger partial charge in [0, 0.05) is 30.2 Å². The molecule has 0 bridgehead atoms. The Bertz CT molecular complexity index is 1290. The zero-order valence-electron chi connectivity index (χ0n) is 16.4. The van der Waals surface area contributed by atoms with E-state index in [0.717, 1.165) is 5.69 Å². The molecular weight excluding hydrogens is 423 g/mol. The molecule has 3 N–H and O–H groups in total. The molecule has 0 saturated carbocycles. The SMILES string of the molecule is Cc1c[nH]c(Nc2nccc(-c3ccn([C@H](CO)c4ccc(F)c(Cl)c4)c(=O)c3)n2)n1. The van der Waals surface area contributed by atoms with Gasteiger partial charge in [-0.15, -0.1) is 0 Å². The lowest BCUT2D eigenvalue weighted by molar-refractivity contribution is 0.247. The number of H-pyrrole nitrogens is 1. The second kappa shape index (κ2) is 8.66. The van der Waals surface area contributed by atoms with Crippen LogP contribution in [0.25, 0.3) is 11.3 Å². The monoisotopic (exact) mass is 440 g/mol. The zero-order chi connectivity index (χ0) is 22.0. The maximum Gasteiger partial charge on any atom is 0.251 e. The van der Waals surface area contributed by atoms with Gasteiger partial charge in [0.15, 0.2) is 0 Å². The van der Waals surface area contributed by atoms with E-state index in [9.17, 15) is 14.3 Å². The molecule has 0 amide bonds. The summed E-state index contributed by atoms with van der Waals surface area (Å²) in [5, 5.41) is 12.7. The fraction of sp³-hybridized carbons (Fsp3) is 0.143. The van der Waals surface area contributed by atoms with E-state index < -0.39 is 11.9 Å².